The molecule has 0 radical (unpaired) electrons. The van der Waals surface area contributed by atoms with Crippen LogP contribution < -0.4 is 5.32 Å². The van der Waals surface area contributed by atoms with Gasteiger partial charge in [-0.1, -0.05) is 276 Å². The molecular formula is C63H121NO5. The highest BCUT2D eigenvalue weighted by Gasteiger charge is 2.20. The van der Waals surface area contributed by atoms with Crippen LogP contribution in [0.3, 0.4) is 0 Å². The molecule has 0 aromatic rings. The van der Waals surface area contributed by atoms with Crippen LogP contribution in [0.2, 0.25) is 0 Å². The highest BCUT2D eigenvalue weighted by Crippen LogP contribution is 2.17. The predicted molar refractivity (Wildman–Crippen MR) is 301 cm³/mol. The molecule has 3 N–H and O–H groups in total. The lowest BCUT2D eigenvalue weighted by atomic mass is 10.0. The van der Waals surface area contributed by atoms with Gasteiger partial charge in [-0.05, 0) is 77.0 Å². The number of hydrogen-bond acceptors (Lipinski definition) is 5. The summed E-state index contributed by atoms with van der Waals surface area (Å²) in [5.74, 6) is -0.0338. The minimum atomic E-state index is -0.666. The second-order valence-corrected chi connectivity index (χ2v) is 21.4. The highest BCUT2D eigenvalue weighted by atomic mass is 16.5. The number of esters is 1. The van der Waals surface area contributed by atoms with Crippen molar-refractivity contribution in [3.8, 4) is 0 Å². The molecule has 0 aliphatic heterocycles. The van der Waals surface area contributed by atoms with Gasteiger partial charge in [0.1, 0.15) is 0 Å². The van der Waals surface area contributed by atoms with Crippen LogP contribution in [0, 0.1) is 0 Å². The molecular weight excluding hydrogens is 851 g/mol. The van der Waals surface area contributed by atoms with Crippen molar-refractivity contribution in [2.24, 2.45) is 0 Å². The van der Waals surface area contributed by atoms with Crippen molar-refractivity contribution in [1.82, 2.24) is 5.32 Å². The van der Waals surface area contributed by atoms with E-state index in [-0.39, 0.29) is 18.5 Å². The molecule has 69 heavy (non-hydrogen) atoms. The minimum absolute atomic E-state index is 0.00427. The van der Waals surface area contributed by atoms with Crippen molar-refractivity contribution < 1.29 is 24.5 Å². The fraction of sp³-hybridized carbons (Fsp3) is 0.905. The zero-order valence-corrected chi connectivity index (χ0v) is 46.6. The summed E-state index contributed by atoms with van der Waals surface area (Å²) in [4.78, 5) is 24.5. The molecule has 408 valence electrons. The summed E-state index contributed by atoms with van der Waals surface area (Å²) in [5.41, 5.74) is 0. The molecule has 0 aromatic heterocycles. The number of aliphatic hydroxyl groups excluding tert-OH is 2. The maximum absolute atomic E-state index is 12.5. The number of hydrogen-bond donors (Lipinski definition) is 3. The van der Waals surface area contributed by atoms with Gasteiger partial charge >= 0.3 is 5.97 Å². The van der Waals surface area contributed by atoms with Gasteiger partial charge in [-0.15, -0.1) is 0 Å². The number of rotatable bonds is 58. The Morgan fingerprint density at radius 2 is 0.681 bits per heavy atom. The van der Waals surface area contributed by atoms with E-state index < -0.39 is 12.1 Å². The summed E-state index contributed by atoms with van der Waals surface area (Å²) in [6, 6.07) is -0.544. The first-order chi connectivity index (χ1) is 34.0. The lowest BCUT2D eigenvalue weighted by molar-refractivity contribution is -0.143. The Labute approximate surface area is 431 Å². The minimum Gasteiger partial charge on any atom is -0.466 e. The first kappa shape index (κ1) is 67.3. The van der Waals surface area contributed by atoms with E-state index in [1.165, 1.54) is 263 Å². The zero-order chi connectivity index (χ0) is 50.0. The van der Waals surface area contributed by atoms with Crippen LogP contribution in [-0.2, 0) is 14.3 Å². The van der Waals surface area contributed by atoms with E-state index in [0.717, 1.165) is 44.9 Å². The molecule has 0 spiro atoms. The first-order valence-electron chi connectivity index (χ1n) is 31.1. The predicted octanol–water partition coefficient (Wildman–Crippen LogP) is 19.4. The van der Waals surface area contributed by atoms with Crippen molar-refractivity contribution in [1.29, 1.82) is 0 Å². The van der Waals surface area contributed by atoms with Crippen LogP contribution in [-0.4, -0.2) is 47.4 Å². The number of allylic oxidation sites excluding steroid dienone is 4. The summed E-state index contributed by atoms with van der Waals surface area (Å²) in [6.45, 7) is 4.95. The summed E-state index contributed by atoms with van der Waals surface area (Å²) < 4.78 is 5.48. The summed E-state index contributed by atoms with van der Waals surface area (Å²) >= 11 is 0. The van der Waals surface area contributed by atoms with Crippen LogP contribution in [0.15, 0.2) is 24.3 Å². The third-order valence-corrected chi connectivity index (χ3v) is 14.5. The number of carbonyl (C=O) groups excluding carboxylic acids is 2. The van der Waals surface area contributed by atoms with Crippen LogP contribution in [0.25, 0.3) is 0 Å². The van der Waals surface area contributed by atoms with Gasteiger partial charge in [-0.2, -0.15) is 0 Å². The van der Waals surface area contributed by atoms with Crippen LogP contribution in [0.1, 0.15) is 341 Å². The Kier molecular flexibility index (Phi) is 57.5. The second-order valence-electron chi connectivity index (χ2n) is 21.4. The molecule has 0 aliphatic rings. The van der Waals surface area contributed by atoms with Gasteiger partial charge in [0.05, 0.1) is 25.4 Å². The molecule has 2 atom stereocenters. The molecule has 0 saturated carbocycles. The van der Waals surface area contributed by atoms with Crippen molar-refractivity contribution in [3.05, 3.63) is 24.3 Å². The monoisotopic (exact) mass is 972 g/mol. The van der Waals surface area contributed by atoms with E-state index in [4.69, 9.17) is 4.74 Å². The van der Waals surface area contributed by atoms with Crippen molar-refractivity contribution in [2.45, 2.75) is 353 Å². The summed E-state index contributed by atoms with van der Waals surface area (Å²) in [6.07, 6.45) is 71.9. The topological polar surface area (TPSA) is 95.9 Å². The van der Waals surface area contributed by atoms with Gasteiger partial charge in [-0.25, -0.2) is 0 Å². The quantitative estimate of drug-likeness (QED) is 0.0321. The van der Waals surface area contributed by atoms with Gasteiger partial charge in [0, 0.05) is 12.8 Å². The third-order valence-electron chi connectivity index (χ3n) is 14.5. The van der Waals surface area contributed by atoms with Gasteiger partial charge in [-0.3, -0.25) is 9.59 Å². The SMILES string of the molecule is CCCCCCC/C=C\CCCCCCCC(=O)OCCCCCCCCCCCCCC/C=C\CCCCCCCCCCC(=O)NC(CO)C(O)CCCCCCCCCCCCCCCC. The average Bonchev–Trinajstić information content (AvgIpc) is 3.35. The fourth-order valence-corrected chi connectivity index (χ4v) is 9.69. The smallest absolute Gasteiger partial charge is 0.305 e. The largest absolute Gasteiger partial charge is 0.466 e. The zero-order valence-electron chi connectivity index (χ0n) is 46.6. The van der Waals surface area contributed by atoms with Crippen LogP contribution in [0.4, 0.5) is 0 Å². The Balaban J connectivity index is 3.40. The van der Waals surface area contributed by atoms with E-state index >= 15 is 0 Å². The standard InChI is InChI=1S/C63H121NO5/c1-3-5-7-9-11-13-15-17-31-35-39-43-47-51-55-61(66)60(59-65)64-62(67)56-52-48-44-40-36-32-29-27-25-23-21-19-20-22-24-26-28-30-34-38-42-46-50-54-58-69-63(68)57-53-49-45-41-37-33-18-16-14-12-10-8-6-4-2/h16,18,21,23,60-61,65-66H,3-15,17,19-20,22,24-59H2,1-2H3,(H,64,67)/b18-16-,23-21-. The molecule has 0 heterocycles. The molecule has 0 fully saturated rings. The lowest BCUT2D eigenvalue weighted by Crippen LogP contribution is -2.45. The van der Waals surface area contributed by atoms with E-state index in [2.05, 4.69) is 43.5 Å². The van der Waals surface area contributed by atoms with E-state index in [1.807, 2.05) is 0 Å². The maximum atomic E-state index is 12.5. The van der Waals surface area contributed by atoms with Gasteiger partial charge in [0.2, 0.25) is 5.91 Å². The van der Waals surface area contributed by atoms with E-state index in [1.54, 1.807) is 0 Å². The van der Waals surface area contributed by atoms with Crippen molar-refractivity contribution >= 4 is 11.9 Å². The lowest BCUT2D eigenvalue weighted by Gasteiger charge is -2.22. The number of nitrogens with one attached hydrogen (secondary N) is 1. The Morgan fingerprint density at radius 1 is 0.391 bits per heavy atom. The Bertz CT molecular complexity index is 1080. The van der Waals surface area contributed by atoms with Crippen molar-refractivity contribution in [2.75, 3.05) is 13.2 Å². The Morgan fingerprint density at radius 3 is 1.03 bits per heavy atom. The number of ether oxygens (including phenoxy) is 1. The third kappa shape index (κ3) is 55.5. The highest BCUT2D eigenvalue weighted by molar-refractivity contribution is 5.76. The van der Waals surface area contributed by atoms with Crippen LogP contribution in [0.5, 0.6) is 0 Å². The fourth-order valence-electron chi connectivity index (χ4n) is 9.69. The van der Waals surface area contributed by atoms with Gasteiger partial charge < -0.3 is 20.3 Å². The normalized spacial score (nSPS) is 12.7. The van der Waals surface area contributed by atoms with Gasteiger partial charge in [0.15, 0.2) is 0 Å². The second kappa shape index (κ2) is 58.9. The van der Waals surface area contributed by atoms with Gasteiger partial charge in [0.25, 0.3) is 0 Å². The average molecular weight is 973 g/mol. The molecule has 0 aromatic carbocycles. The number of carbonyl (C=O) groups is 2. The molecule has 2 unspecified atom stereocenters. The molecule has 0 aliphatic carbocycles. The van der Waals surface area contributed by atoms with E-state index in [0.29, 0.717) is 25.9 Å². The number of aliphatic hydroxyl groups is 2. The molecule has 1 amide bonds. The molecule has 6 heteroatoms. The van der Waals surface area contributed by atoms with Crippen LogP contribution >= 0.6 is 0 Å². The summed E-state index contributed by atoms with van der Waals surface area (Å²) in [7, 11) is 0. The molecule has 0 rings (SSSR count). The number of amides is 1. The van der Waals surface area contributed by atoms with Crippen molar-refractivity contribution in [3.63, 3.8) is 0 Å². The maximum Gasteiger partial charge on any atom is 0.305 e. The molecule has 0 bridgehead atoms. The molecule has 6 nitrogen and oxygen atoms in total. The molecule has 0 saturated heterocycles. The first-order valence-corrected chi connectivity index (χ1v) is 31.1. The van der Waals surface area contributed by atoms with E-state index in [9.17, 15) is 19.8 Å². The number of unbranched alkanes of at least 4 members (excludes halogenated alkanes) is 43. The summed E-state index contributed by atoms with van der Waals surface area (Å²) in [5, 5.41) is 23.3. The Hall–Kier alpha value is -1.66.